The van der Waals surface area contributed by atoms with Crippen molar-refractivity contribution in [3.05, 3.63) is 60.2 Å². The number of hydrogen-bond donors (Lipinski definition) is 3. The molecule has 3 saturated heterocycles. The maximum Gasteiger partial charge on any atom is 0.246 e. The molecule has 3 heterocycles. The Morgan fingerprint density at radius 1 is 1.05 bits per heavy atom. The molecule has 3 aliphatic heterocycles. The summed E-state index contributed by atoms with van der Waals surface area (Å²) in [5.41, 5.74) is -0.349. The van der Waals surface area contributed by atoms with Crippen LogP contribution in [0.3, 0.4) is 0 Å². The molecule has 9 nitrogen and oxygen atoms in total. The first-order chi connectivity index (χ1) is 19.3. The molecule has 3 amide bonds. The lowest BCUT2D eigenvalue weighted by atomic mass is 9.66. The van der Waals surface area contributed by atoms with Crippen molar-refractivity contribution in [1.29, 1.82) is 0 Å². The molecule has 2 aromatic carbocycles. The second-order valence-electron chi connectivity index (χ2n) is 11.2. The number of aliphatic hydroxyl groups excluding tert-OH is 1. The van der Waals surface area contributed by atoms with Gasteiger partial charge in [-0.25, -0.2) is 0 Å². The zero-order valence-corrected chi connectivity index (χ0v) is 23.2. The van der Waals surface area contributed by atoms with Gasteiger partial charge in [-0.3, -0.25) is 14.4 Å². The Morgan fingerprint density at radius 2 is 1.80 bits per heavy atom. The Labute approximate surface area is 235 Å². The van der Waals surface area contributed by atoms with E-state index in [1.54, 1.807) is 29.2 Å². The summed E-state index contributed by atoms with van der Waals surface area (Å²) < 4.78 is 12.2. The fraction of sp³-hybridized carbons (Fsp3) is 0.516. The highest BCUT2D eigenvalue weighted by atomic mass is 16.5. The van der Waals surface area contributed by atoms with E-state index in [0.717, 1.165) is 12.0 Å². The van der Waals surface area contributed by atoms with E-state index in [-0.39, 0.29) is 24.3 Å². The van der Waals surface area contributed by atoms with Crippen molar-refractivity contribution >= 4 is 23.4 Å². The van der Waals surface area contributed by atoms with E-state index in [4.69, 9.17) is 9.47 Å². The summed E-state index contributed by atoms with van der Waals surface area (Å²) >= 11 is 0. The van der Waals surface area contributed by atoms with E-state index in [1.807, 2.05) is 44.2 Å². The molecule has 5 atom stereocenters. The molecule has 3 N–H and O–H groups in total. The number of carbonyl (C=O) groups excluding carboxylic acids is 3. The Balaban J connectivity index is 1.40. The van der Waals surface area contributed by atoms with E-state index >= 15 is 0 Å². The monoisotopic (exact) mass is 549 g/mol. The van der Waals surface area contributed by atoms with Crippen LogP contribution in [-0.4, -0.2) is 64.7 Å². The number of rotatable bonds is 12. The molecule has 0 aliphatic carbocycles. The number of ether oxygens (including phenoxy) is 2. The number of nitrogens with one attached hydrogen (secondary N) is 2. The first-order valence-electron chi connectivity index (χ1n) is 14.3. The molecular formula is C31H39N3O6. The number of fused-ring (bicyclic) bond motifs is 1. The normalized spacial score (nSPS) is 28.4. The molecule has 0 aromatic heterocycles. The van der Waals surface area contributed by atoms with Crippen LogP contribution in [0.4, 0.5) is 5.69 Å². The summed E-state index contributed by atoms with van der Waals surface area (Å²) in [6.07, 6.45) is 3.12. The summed E-state index contributed by atoms with van der Waals surface area (Å²) in [6.45, 7) is 5.13. The van der Waals surface area contributed by atoms with Crippen molar-refractivity contribution in [3.63, 3.8) is 0 Å². The van der Waals surface area contributed by atoms with E-state index in [9.17, 15) is 19.5 Å². The zero-order chi connectivity index (χ0) is 28.3. The van der Waals surface area contributed by atoms with Crippen molar-refractivity contribution in [2.45, 2.75) is 69.7 Å². The van der Waals surface area contributed by atoms with Gasteiger partial charge in [0.25, 0.3) is 0 Å². The minimum Gasteiger partial charge on any atom is -0.494 e. The molecule has 3 aliphatic rings. The molecular weight excluding hydrogens is 510 g/mol. The third-order valence-corrected chi connectivity index (χ3v) is 8.61. The fourth-order valence-corrected chi connectivity index (χ4v) is 6.84. The largest absolute Gasteiger partial charge is 0.494 e. The third-order valence-electron chi connectivity index (χ3n) is 8.61. The fourth-order valence-electron chi connectivity index (χ4n) is 6.84. The van der Waals surface area contributed by atoms with Gasteiger partial charge in [0.1, 0.15) is 17.4 Å². The van der Waals surface area contributed by atoms with Gasteiger partial charge < -0.3 is 30.1 Å². The van der Waals surface area contributed by atoms with E-state index in [0.29, 0.717) is 56.8 Å². The van der Waals surface area contributed by atoms with Gasteiger partial charge in [-0.15, -0.1) is 0 Å². The molecule has 2 bridgehead atoms. The molecule has 1 spiro atoms. The maximum atomic E-state index is 14.1. The molecule has 2 unspecified atom stereocenters. The van der Waals surface area contributed by atoms with Crippen molar-refractivity contribution in [3.8, 4) is 5.75 Å². The topological polar surface area (TPSA) is 117 Å². The highest BCUT2D eigenvalue weighted by Crippen LogP contribution is 2.63. The summed E-state index contributed by atoms with van der Waals surface area (Å²) in [7, 11) is 0. The van der Waals surface area contributed by atoms with Crippen molar-refractivity contribution in [2.24, 2.45) is 11.8 Å². The maximum absolute atomic E-state index is 14.1. The highest BCUT2D eigenvalue weighted by Gasteiger charge is 2.77. The van der Waals surface area contributed by atoms with Crippen LogP contribution < -0.4 is 15.4 Å². The molecule has 5 rings (SSSR count). The van der Waals surface area contributed by atoms with Crippen LogP contribution >= 0.6 is 0 Å². The van der Waals surface area contributed by atoms with Gasteiger partial charge in [-0.05, 0) is 75.8 Å². The van der Waals surface area contributed by atoms with Crippen LogP contribution in [0.2, 0.25) is 0 Å². The van der Waals surface area contributed by atoms with Crippen LogP contribution in [0.5, 0.6) is 5.75 Å². The van der Waals surface area contributed by atoms with Gasteiger partial charge in [-0.2, -0.15) is 0 Å². The lowest BCUT2D eigenvalue weighted by Gasteiger charge is -2.33. The number of likely N-dealkylation sites (tertiary alicyclic amines) is 1. The highest BCUT2D eigenvalue weighted by molar-refractivity contribution is 6.02. The van der Waals surface area contributed by atoms with Crippen molar-refractivity contribution in [2.75, 3.05) is 25.1 Å². The number of hydrogen-bond acceptors (Lipinski definition) is 6. The SMILES string of the molecule is CCOc1ccc(NC(=O)[C@@H]2[C@H]3C(=O)N(CCCCCO)C(C(=O)NCc4ccccc4)C34CC[C@@]2(C)O4)cc1. The average molecular weight is 550 g/mol. The number of carbonyl (C=O) groups is 3. The van der Waals surface area contributed by atoms with Gasteiger partial charge in [0.2, 0.25) is 17.7 Å². The van der Waals surface area contributed by atoms with Crippen molar-refractivity contribution < 1.29 is 29.0 Å². The Hall–Kier alpha value is -3.43. The molecule has 0 saturated carbocycles. The first-order valence-corrected chi connectivity index (χ1v) is 14.3. The second kappa shape index (κ2) is 11.6. The lowest BCUT2D eigenvalue weighted by Crippen LogP contribution is -2.55. The predicted octanol–water partition coefficient (Wildman–Crippen LogP) is 3.27. The third kappa shape index (κ3) is 5.08. The van der Waals surface area contributed by atoms with Gasteiger partial charge in [-0.1, -0.05) is 30.3 Å². The minimum atomic E-state index is -1.07. The quantitative estimate of drug-likeness (QED) is 0.350. The van der Waals surface area contributed by atoms with E-state index in [1.165, 1.54) is 0 Å². The zero-order valence-electron chi connectivity index (χ0n) is 23.2. The Bertz CT molecular complexity index is 1220. The number of anilines is 1. The van der Waals surface area contributed by atoms with Gasteiger partial charge >= 0.3 is 0 Å². The summed E-state index contributed by atoms with van der Waals surface area (Å²) in [5.74, 6) is -1.52. The van der Waals surface area contributed by atoms with Crippen molar-refractivity contribution in [1.82, 2.24) is 10.2 Å². The molecule has 9 heteroatoms. The lowest BCUT2D eigenvalue weighted by molar-refractivity contribution is -0.145. The Morgan fingerprint density at radius 3 is 2.50 bits per heavy atom. The van der Waals surface area contributed by atoms with Crippen LogP contribution in [0.25, 0.3) is 0 Å². The minimum absolute atomic E-state index is 0.0801. The predicted molar refractivity (Wildman–Crippen MR) is 149 cm³/mol. The number of amides is 3. The number of nitrogens with zero attached hydrogens (tertiary/aromatic N) is 1. The van der Waals surface area contributed by atoms with Gasteiger partial charge in [0.15, 0.2) is 0 Å². The molecule has 3 fully saturated rings. The Kier molecular flexibility index (Phi) is 8.14. The van der Waals surface area contributed by atoms with E-state index < -0.39 is 29.1 Å². The molecule has 2 aromatic rings. The van der Waals surface area contributed by atoms with Crippen LogP contribution in [0.15, 0.2) is 54.6 Å². The number of aliphatic hydroxyl groups is 1. The van der Waals surface area contributed by atoms with Crippen LogP contribution in [0, 0.1) is 11.8 Å². The number of benzene rings is 2. The molecule has 40 heavy (non-hydrogen) atoms. The summed E-state index contributed by atoms with van der Waals surface area (Å²) in [5, 5.41) is 15.2. The van der Waals surface area contributed by atoms with Gasteiger partial charge in [0, 0.05) is 25.4 Å². The summed E-state index contributed by atoms with van der Waals surface area (Å²) in [4.78, 5) is 43.3. The van der Waals surface area contributed by atoms with E-state index in [2.05, 4.69) is 10.6 Å². The van der Waals surface area contributed by atoms with Crippen LogP contribution in [0.1, 0.15) is 51.5 Å². The van der Waals surface area contributed by atoms with Crippen LogP contribution in [-0.2, 0) is 25.7 Å². The first kappa shape index (κ1) is 28.1. The number of unbranched alkanes of at least 4 members (excludes halogenated alkanes) is 2. The second-order valence-corrected chi connectivity index (χ2v) is 11.2. The van der Waals surface area contributed by atoms with Gasteiger partial charge in [0.05, 0.1) is 24.0 Å². The molecule has 0 radical (unpaired) electrons. The average Bonchev–Trinajstić information content (AvgIpc) is 3.52. The summed E-state index contributed by atoms with van der Waals surface area (Å²) in [6, 6.07) is 15.9. The molecule has 214 valence electrons. The standard InChI is InChI=1S/C31H39N3O6/c1-3-39-23-14-12-22(13-15-23)33-27(36)24-25-29(38)34(18-8-5-9-19-35)26(31(25)17-16-30(24,2)40-31)28(37)32-20-21-10-6-4-7-11-21/h4,6-7,10-15,24-26,35H,3,5,8-9,16-20H2,1-2H3,(H,32,37)(H,33,36)/t24-,25-,26?,30+,31?/m0/s1. The smallest absolute Gasteiger partial charge is 0.246 e.